The highest BCUT2D eigenvalue weighted by Crippen LogP contribution is 2.60. The van der Waals surface area contributed by atoms with Gasteiger partial charge in [-0.25, -0.2) is 0 Å². The minimum absolute atomic E-state index is 0.0192. The number of fused-ring (bicyclic) bond motifs is 1. The molecule has 3 aliphatic carbocycles. The molecule has 0 saturated heterocycles. The molecule has 0 unspecified atom stereocenters. The summed E-state index contributed by atoms with van der Waals surface area (Å²) in [7, 11) is 4.15. The van der Waals surface area contributed by atoms with Crippen molar-refractivity contribution in [2.45, 2.75) is 83.2 Å². The van der Waals surface area contributed by atoms with Gasteiger partial charge < -0.3 is 14.8 Å². The lowest BCUT2D eigenvalue weighted by Crippen LogP contribution is -2.51. The lowest BCUT2D eigenvalue weighted by Gasteiger charge is -2.50. The third-order valence-corrected chi connectivity index (χ3v) is 7.86. The largest absolute Gasteiger partial charge is 0.396 e. The molecule has 1 N–H and O–H groups in total. The highest BCUT2D eigenvalue weighted by atomic mass is 16.6. The number of rotatable bonds is 7. The van der Waals surface area contributed by atoms with Gasteiger partial charge in [-0.3, -0.25) is 0 Å². The average molecular weight is 365 g/mol. The molecule has 0 heterocycles. The first-order chi connectivity index (χ1) is 12.4. The summed E-state index contributed by atoms with van der Waals surface area (Å²) in [4.78, 5) is 7.64. The molecule has 3 aliphatic rings. The summed E-state index contributed by atoms with van der Waals surface area (Å²) in [5.74, 6) is 1.96. The SMILES string of the molecule is CN(C)CCCO/N=C/[C@H]1CC[C@]2(O)C[C@@H](C3CCCCC3)CC[C@]12C. The molecule has 0 radical (unpaired) electrons. The highest BCUT2D eigenvalue weighted by molar-refractivity contribution is 5.62. The van der Waals surface area contributed by atoms with E-state index in [2.05, 4.69) is 31.1 Å². The van der Waals surface area contributed by atoms with Crippen molar-refractivity contribution in [2.75, 3.05) is 27.2 Å². The molecular weight excluding hydrogens is 324 g/mol. The van der Waals surface area contributed by atoms with Gasteiger partial charge in [-0.05, 0) is 64.5 Å². The van der Waals surface area contributed by atoms with Gasteiger partial charge in [0.2, 0.25) is 0 Å². The Kier molecular flexibility index (Phi) is 6.66. The number of nitrogens with zero attached hydrogens (tertiary/aromatic N) is 2. The second kappa shape index (κ2) is 8.60. The van der Waals surface area contributed by atoms with E-state index in [0.717, 1.165) is 50.5 Å². The van der Waals surface area contributed by atoms with Gasteiger partial charge in [0.25, 0.3) is 0 Å². The van der Waals surface area contributed by atoms with Crippen LogP contribution in [0.15, 0.2) is 5.16 Å². The Balaban J connectivity index is 1.53. The quantitative estimate of drug-likeness (QED) is 0.412. The predicted molar refractivity (Wildman–Crippen MR) is 107 cm³/mol. The molecule has 0 aromatic carbocycles. The van der Waals surface area contributed by atoms with Gasteiger partial charge in [0.15, 0.2) is 0 Å². The summed E-state index contributed by atoms with van der Waals surface area (Å²) in [6.07, 6.45) is 15.4. The zero-order valence-electron chi connectivity index (χ0n) is 17.3. The first-order valence-corrected chi connectivity index (χ1v) is 11.0. The van der Waals surface area contributed by atoms with Gasteiger partial charge in [0, 0.05) is 24.1 Å². The van der Waals surface area contributed by atoms with Gasteiger partial charge in [0.05, 0.1) is 5.60 Å². The van der Waals surface area contributed by atoms with E-state index < -0.39 is 5.60 Å². The van der Waals surface area contributed by atoms with Crippen molar-refractivity contribution in [3.05, 3.63) is 0 Å². The van der Waals surface area contributed by atoms with Gasteiger partial charge >= 0.3 is 0 Å². The Morgan fingerprint density at radius 3 is 2.58 bits per heavy atom. The zero-order chi connectivity index (χ0) is 18.6. The summed E-state index contributed by atoms with van der Waals surface area (Å²) < 4.78 is 0. The molecule has 3 saturated carbocycles. The van der Waals surface area contributed by atoms with Crippen LogP contribution in [0.3, 0.4) is 0 Å². The van der Waals surface area contributed by atoms with Crippen LogP contribution in [0, 0.1) is 23.2 Å². The fraction of sp³-hybridized carbons (Fsp3) is 0.955. The summed E-state index contributed by atoms with van der Waals surface area (Å²) >= 11 is 0. The van der Waals surface area contributed by atoms with Crippen LogP contribution in [0.1, 0.15) is 77.6 Å². The smallest absolute Gasteiger partial charge is 0.118 e. The van der Waals surface area contributed by atoms with E-state index in [-0.39, 0.29) is 5.41 Å². The van der Waals surface area contributed by atoms with E-state index in [1.54, 1.807) is 0 Å². The van der Waals surface area contributed by atoms with Crippen LogP contribution in [-0.4, -0.2) is 49.1 Å². The van der Waals surface area contributed by atoms with E-state index in [1.165, 1.54) is 38.5 Å². The summed E-state index contributed by atoms with van der Waals surface area (Å²) in [5.41, 5.74) is -0.510. The molecule has 0 aromatic rings. The van der Waals surface area contributed by atoms with Crippen molar-refractivity contribution >= 4 is 6.21 Å². The average Bonchev–Trinajstić information content (AvgIpc) is 2.89. The Labute approximate surface area is 160 Å². The molecule has 0 amide bonds. The third kappa shape index (κ3) is 4.27. The van der Waals surface area contributed by atoms with Crippen molar-refractivity contribution in [3.63, 3.8) is 0 Å². The Hall–Kier alpha value is -0.610. The Morgan fingerprint density at radius 1 is 1.08 bits per heavy atom. The standard InChI is InChI=1S/C22H40N2O2/c1-21-12-10-19(18-8-5-4-6-9-18)16-22(21,25)13-11-20(21)17-23-26-15-7-14-24(2)3/h17-20,25H,4-16H2,1-3H3/b23-17+/t19-,20+,21+,22-/m0/s1. The normalized spacial score (nSPS) is 38.8. The van der Waals surface area contributed by atoms with E-state index in [9.17, 15) is 5.11 Å². The molecule has 0 bridgehead atoms. The lowest BCUT2D eigenvalue weighted by molar-refractivity contribution is -0.115. The molecule has 3 fully saturated rings. The molecule has 150 valence electrons. The van der Waals surface area contributed by atoms with Crippen molar-refractivity contribution in [3.8, 4) is 0 Å². The van der Waals surface area contributed by atoms with Crippen molar-refractivity contribution in [1.29, 1.82) is 0 Å². The first-order valence-electron chi connectivity index (χ1n) is 11.0. The van der Waals surface area contributed by atoms with Gasteiger partial charge in [-0.15, -0.1) is 0 Å². The second-order valence-electron chi connectivity index (χ2n) is 9.74. The maximum Gasteiger partial charge on any atom is 0.118 e. The van der Waals surface area contributed by atoms with E-state index in [4.69, 9.17) is 4.84 Å². The zero-order valence-corrected chi connectivity index (χ0v) is 17.3. The van der Waals surface area contributed by atoms with E-state index >= 15 is 0 Å². The molecule has 26 heavy (non-hydrogen) atoms. The number of aliphatic hydroxyl groups is 1. The topological polar surface area (TPSA) is 45.1 Å². The maximum absolute atomic E-state index is 11.5. The van der Waals surface area contributed by atoms with Gasteiger partial charge in [-0.2, -0.15) is 0 Å². The minimum atomic E-state index is -0.491. The van der Waals surface area contributed by atoms with E-state index in [1.807, 2.05) is 6.21 Å². The molecular formula is C22H40N2O2. The molecule has 0 spiro atoms. The summed E-state index contributed by atoms with van der Waals surface area (Å²) in [5, 5.41) is 15.8. The van der Waals surface area contributed by atoms with Gasteiger partial charge in [-0.1, -0.05) is 44.2 Å². The van der Waals surface area contributed by atoms with Crippen molar-refractivity contribution < 1.29 is 9.94 Å². The third-order valence-electron chi connectivity index (χ3n) is 7.86. The van der Waals surface area contributed by atoms with Crippen LogP contribution >= 0.6 is 0 Å². The first kappa shape index (κ1) is 20.1. The van der Waals surface area contributed by atoms with Crippen molar-refractivity contribution in [2.24, 2.45) is 28.3 Å². The monoisotopic (exact) mass is 364 g/mol. The van der Waals surface area contributed by atoms with E-state index in [0.29, 0.717) is 12.5 Å². The van der Waals surface area contributed by atoms with Crippen LogP contribution in [0.4, 0.5) is 0 Å². The van der Waals surface area contributed by atoms with Crippen LogP contribution in [0.5, 0.6) is 0 Å². The number of oxime groups is 1. The molecule has 4 nitrogen and oxygen atoms in total. The predicted octanol–water partition coefficient (Wildman–Crippen LogP) is 4.47. The van der Waals surface area contributed by atoms with Crippen LogP contribution in [0.25, 0.3) is 0 Å². The molecule has 4 heteroatoms. The fourth-order valence-electron chi connectivity index (χ4n) is 5.98. The number of hydrogen-bond donors (Lipinski definition) is 1. The Morgan fingerprint density at radius 2 is 1.85 bits per heavy atom. The lowest BCUT2D eigenvalue weighted by atomic mass is 9.57. The Bertz CT molecular complexity index is 475. The minimum Gasteiger partial charge on any atom is -0.396 e. The van der Waals surface area contributed by atoms with Crippen LogP contribution in [0.2, 0.25) is 0 Å². The molecule has 4 atom stereocenters. The molecule has 0 aromatic heterocycles. The maximum atomic E-state index is 11.5. The fourth-order valence-corrected chi connectivity index (χ4v) is 5.98. The summed E-state index contributed by atoms with van der Waals surface area (Å²) in [6.45, 7) is 4.00. The van der Waals surface area contributed by atoms with Crippen molar-refractivity contribution in [1.82, 2.24) is 4.90 Å². The molecule has 3 rings (SSSR count). The number of hydrogen-bond acceptors (Lipinski definition) is 4. The summed E-state index contributed by atoms with van der Waals surface area (Å²) in [6, 6.07) is 0. The highest BCUT2D eigenvalue weighted by Gasteiger charge is 2.59. The molecule has 0 aliphatic heterocycles. The van der Waals surface area contributed by atoms with Gasteiger partial charge in [0.1, 0.15) is 6.61 Å². The second-order valence-corrected chi connectivity index (χ2v) is 9.74. The van der Waals surface area contributed by atoms with Crippen LogP contribution < -0.4 is 0 Å². The van der Waals surface area contributed by atoms with Crippen LogP contribution in [-0.2, 0) is 4.84 Å².